The van der Waals surface area contributed by atoms with Crippen LogP contribution in [0.3, 0.4) is 0 Å². The van der Waals surface area contributed by atoms with E-state index in [9.17, 15) is 0 Å². The second kappa shape index (κ2) is 28.4. The largest absolute Gasteiger partial charge is 0.487 e. The van der Waals surface area contributed by atoms with Gasteiger partial charge in [-0.3, -0.25) is 0 Å². The van der Waals surface area contributed by atoms with Crippen molar-refractivity contribution in [1.82, 2.24) is 0 Å². The molecule has 14 heteroatoms. The van der Waals surface area contributed by atoms with Crippen molar-refractivity contribution < 1.29 is 66.3 Å². The molecule has 2 heterocycles. The highest BCUT2D eigenvalue weighted by molar-refractivity contribution is 5.39. The second-order valence-corrected chi connectivity index (χ2v) is 10.1. The van der Waals surface area contributed by atoms with Crippen molar-refractivity contribution in [1.29, 1.82) is 0 Å². The van der Waals surface area contributed by atoms with Crippen molar-refractivity contribution in [2.45, 2.75) is 12.2 Å². The number of ether oxygens (including phenoxy) is 14. The normalized spacial score (nSPS) is 24.8. The van der Waals surface area contributed by atoms with E-state index in [1.165, 1.54) is 0 Å². The minimum Gasteiger partial charge on any atom is -0.487 e. The van der Waals surface area contributed by atoms with Crippen LogP contribution in [0.15, 0.2) is 24.3 Å². The third-order valence-corrected chi connectivity index (χ3v) is 6.44. The topological polar surface area (TPSA) is 129 Å². The van der Waals surface area contributed by atoms with E-state index in [4.69, 9.17) is 66.3 Å². The highest BCUT2D eigenvalue weighted by atomic mass is 16.6. The molecule has 0 bridgehead atoms. The smallest absolute Gasteiger partial charge is 0.161 e. The van der Waals surface area contributed by atoms with Gasteiger partial charge in [0.1, 0.15) is 25.4 Å². The zero-order chi connectivity index (χ0) is 32.0. The van der Waals surface area contributed by atoms with Crippen molar-refractivity contribution in [3.8, 4) is 11.5 Å². The van der Waals surface area contributed by atoms with E-state index in [0.29, 0.717) is 157 Å². The number of rotatable bonds is 6. The molecule has 0 saturated carbocycles. The summed E-state index contributed by atoms with van der Waals surface area (Å²) < 4.78 is 80.3. The first-order valence-electron chi connectivity index (χ1n) is 16.3. The lowest BCUT2D eigenvalue weighted by molar-refractivity contribution is -0.0734. The van der Waals surface area contributed by atoms with Gasteiger partial charge in [-0.2, -0.15) is 0 Å². The molecule has 0 radical (unpaired) electrons. The predicted octanol–water partition coefficient (Wildman–Crippen LogP) is 1.41. The number of hydrogen-bond acceptors (Lipinski definition) is 14. The SMILES string of the molecule is c1ccc(OCC2COCCOCCOCCOCCOCCO2)c(OCC2COCCOCCOCCOCCOCCO2)c1. The number of hydrogen-bond donors (Lipinski definition) is 0. The molecule has 2 saturated heterocycles. The summed E-state index contributed by atoms with van der Waals surface area (Å²) in [7, 11) is 0. The van der Waals surface area contributed by atoms with E-state index in [-0.39, 0.29) is 25.4 Å². The fraction of sp³-hybridized carbons (Fsp3) is 0.812. The van der Waals surface area contributed by atoms with Crippen LogP contribution in [0.2, 0.25) is 0 Å². The molecule has 0 N–H and O–H groups in total. The summed E-state index contributed by atoms with van der Waals surface area (Å²) in [5.41, 5.74) is 0. The van der Waals surface area contributed by atoms with E-state index < -0.39 is 0 Å². The minimum atomic E-state index is -0.326. The van der Waals surface area contributed by atoms with E-state index in [0.717, 1.165) is 0 Å². The van der Waals surface area contributed by atoms with Crippen LogP contribution in [0.1, 0.15) is 0 Å². The molecule has 2 fully saturated rings. The lowest BCUT2D eigenvalue weighted by atomic mass is 10.3. The van der Waals surface area contributed by atoms with Crippen molar-refractivity contribution in [3.63, 3.8) is 0 Å². The molecule has 0 aromatic heterocycles. The Morgan fingerprint density at radius 2 is 0.630 bits per heavy atom. The summed E-state index contributed by atoms with van der Waals surface area (Å²) in [5.74, 6) is 1.17. The lowest BCUT2D eigenvalue weighted by Crippen LogP contribution is -2.30. The number of benzene rings is 1. The summed E-state index contributed by atoms with van der Waals surface area (Å²) in [5, 5.41) is 0. The Kier molecular flexibility index (Phi) is 23.9. The average Bonchev–Trinajstić information content (AvgIpc) is 3.07. The van der Waals surface area contributed by atoms with Gasteiger partial charge in [0, 0.05) is 0 Å². The summed E-state index contributed by atoms with van der Waals surface area (Å²) in [6.07, 6.45) is -0.652. The molecule has 0 aliphatic carbocycles. The van der Waals surface area contributed by atoms with Crippen LogP contribution in [-0.2, 0) is 56.8 Å². The van der Waals surface area contributed by atoms with Crippen LogP contribution in [0.5, 0.6) is 11.5 Å². The van der Waals surface area contributed by atoms with E-state index in [1.54, 1.807) is 0 Å². The van der Waals surface area contributed by atoms with Gasteiger partial charge in [0.2, 0.25) is 0 Å². The fourth-order valence-corrected chi connectivity index (χ4v) is 4.08. The maximum atomic E-state index is 6.16. The highest BCUT2D eigenvalue weighted by Gasteiger charge is 2.16. The van der Waals surface area contributed by atoms with Gasteiger partial charge in [-0.25, -0.2) is 0 Å². The first-order valence-corrected chi connectivity index (χ1v) is 16.3. The standard InChI is InChI=1S/C32H54O14/c1-2-4-32(46-28-30-26-42-20-18-38-12-10-34-6-8-36-14-16-40-22-24-44-30)31(3-1)45-27-29-25-41-19-17-37-11-9-33-5-7-35-13-15-39-21-23-43-29/h1-4,29-30H,5-28H2. The molecular weight excluding hydrogens is 608 g/mol. The van der Waals surface area contributed by atoms with Crippen molar-refractivity contribution >= 4 is 0 Å². The van der Waals surface area contributed by atoms with Crippen molar-refractivity contribution in [2.75, 3.05) is 159 Å². The van der Waals surface area contributed by atoms with Gasteiger partial charge in [0.05, 0.1) is 145 Å². The van der Waals surface area contributed by atoms with E-state index >= 15 is 0 Å². The van der Waals surface area contributed by atoms with Gasteiger partial charge >= 0.3 is 0 Å². The van der Waals surface area contributed by atoms with Crippen LogP contribution in [-0.4, -0.2) is 171 Å². The average molecular weight is 663 g/mol. The third kappa shape index (κ3) is 20.5. The van der Waals surface area contributed by atoms with Gasteiger partial charge in [-0.1, -0.05) is 12.1 Å². The summed E-state index contributed by atoms with van der Waals surface area (Å²) in [6.45, 7) is 10.7. The molecule has 14 nitrogen and oxygen atoms in total. The maximum Gasteiger partial charge on any atom is 0.161 e. The Balaban J connectivity index is 1.46. The molecule has 2 aliphatic rings. The zero-order valence-electron chi connectivity index (χ0n) is 27.2. The molecule has 46 heavy (non-hydrogen) atoms. The van der Waals surface area contributed by atoms with Crippen LogP contribution < -0.4 is 9.47 Å². The summed E-state index contributed by atoms with van der Waals surface area (Å²) >= 11 is 0. The highest BCUT2D eigenvalue weighted by Crippen LogP contribution is 2.27. The van der Waals surface area contributed by atoms with Crippen LogP contribution in [0.4, 0.5) is 0 Å². The van der Waals surface area contributed by atoms with Gasteiger partial charge in [0.15, 0.2) is 11.5 Å². The Hall–Kier alpha value is -1.66. The summed E-state index contributed by atoms with van der Waals surface area (Å²) in [6, 6.07) is 7.49. The molecule has 0 amide bonds. The van der Waals surface area contributed by atoms with E-state index in [1.807, 2.05) is 24.3 Å². The van der Waals surface area contributed by atoms with Gasteiger partial charge in [0.25, 0.3) is 0 Å². The molecule has 2 unspecified atom stereocenters. The summed E-state index contributed by atoms with van der Waals surface area (Å²) in [4.78, 5) is 0. The van der Waals surface area contributed by atoms with Crippen molar-refractivity contribution in [3.05, 3.63) is 24.3 Å². The van der Waals surface area contributed by atoms with Crippen molar-refractivity contribution in [2.24, 2.45) is 0 Å². The third-order valence-electron chi connectivity index (χ3n) is 6.44. The van der Waals surface area contributed by atoms with E-state index in [2.05, 4.69) is 0 Å². The molecule has 1 aromatic rings. The molecule has 3 rings (SSSR count). The van der Waals surface area contributed by atoms with Crippen LogP contribution in [0, 0.1) is 0 Å². The molecule has 2 aliphatic heterocycles. The molecule has 2 atom stereocenters. The molecule has 266 valence electrons. The van der Waals surface area contributed by atoms with Gasteiger partial charge in [-0.15, -0.1) is 0 Å². The first kappa shape index (κ1) is 38.8. The molecule has 0 spiro atoms. The monoisotopic (exact) mass is 662 g/mol. The minimum absolute atomic E-state index is 0.257. The zero-order valence-corrected chi connectivity index (χ0v) is 27.2. The first-order chi connectivity index (χ1) is 22.9. The Morgan fingerprint density at radius 3 is 0.935 bits per heavy atom. The van der Waals surface area contributed by atoms with Gasteiger partial charge < -0.3 is 66.3 Å². The second-order valence-electron chi connectivity index (χ2n) is 10.1. The number of para-hydroxylation sites is 2. The Labute approximate surface area is 272 Å². The molecule has 1 aromatic carbocycles. The fourth-order valence-electron chi connectivity index (χ4n) is 4.08. The van der Waals surface area contributed by atoms with Crippen LogP contribution >= 0.6 is 0 Å². The Morgan fingerprint density at radius 1 is 0.370 bits per heavy atom. The Bertz CT molecular complexity index is 718. The maximum absolute atomic E-state index is 6.16. The van der Waals surface area contributed by atoms with Crippen LogP contribution in [0.25, 0.3) is 0 Å². The lowest BCUT2D eigenvalue weighted by Gasteiger charge is -2.22. The van der Waals surface area contributed by atoms with Gasteiger partial charge in [-0.05, 0) is 12.1 Å². The quantitative estimate of drug-likeness (QED) is 0.435. The molecular formula is C32H54O14. The predicted molar refractivity (Wildman–Crippen MR) is 165 cm³/mol.